The first kappa shape index (κ1) is 13.3. The van der Waals surface area contributed by atoms with Gasteiger partial charge in [-0.15, -0.1) is 11.6 Å². The zero-order valence-electron chi connectivity index (χ0n) is 10.2. The molecule has 0 aromatic carbocycles. The van der Waals surface area contributed by atoms with Crippen LogP contribution >= 0.6 is 11.6 Å². The van der Waals surface area contributed by atoms with Gasteiger partial charge in [0.25, 0.3) is 0 Å². The number of alkyl halides is 1. The number of hydrogen-bond donors (Lipinski definition) is 0. The summed E-state index contributed by atoms with van der Waals surface area (Å²) >= 11 is 5.83. The molecule has 2 aromatic rings. The Morgan fingerprint density at radius 2 is 2.17 bits per heavy atom. The molecule has 0 aliphatic heterocycles. The fraction of sp³-hybridized carbons (Fsp3) is 0.455. The highest BCUT2D eigenvalue weighted by Gasteiger charge is 2.13. The Balaban J connectivity index is 2.47. The van der Waals surface area contributed by atoms with Crippen LogP contribution in [0.15, 0.2) is 12.3 Å². The predicted molar refractivity (Wildman–Crippen MR) is 71.5 cm³/mol. The summed E-state index contributed by atoms with van der Waals surface area (Å²) in [5, 5.41) is 0. The topological polar surface area (TPSA) is 64.8 Å². The van der Waals surface area contributed by atoms with Crippen molar-refractivity contribution in [2.45, 2.75) is 19.3 Å². The monoisotopic (exact) mass is 287 g/mol. The van der Waals surface area contributed by atoms with Crippen LogP contribution in [0.25, 0.3) is 11.2 Å². The Morgan fingerprint density at radius 3 is 2.78 bits per heavy atom. The van der Waals surface area contributed by atoms with Crippen molar-refractivity contribution in [2.75, 3.05) is 12.0 Å². The second-order valence-electron chi connectivity index (χ2n) is 4.30. The lowest BCUT2D eigenvalue weighted by Gasteiger charge is -2.05. The van der Waals surface area contributed by atoms with Gasteiger partial charge in [-0.1, -0.05) is 0 Å². The number of imidazole rings is 1. The molecule has 0 saturated heterocycles. The Hall–Kier alpha value is -1.14. The normalized spacial score (nSPS) is 12.2. The quantitative estimate of drug-likeness (QED) is 0.800. The van der Waals surface area contributed by atoms with Crippen LogP contribution in [0.1, 0.15) is 11.4 Å². The van der Waals surface area contributed by atoms with E-state index in [9.17, 15) is 8.42 Å². The Kier molecular flexibility index (Phi) is 3.59. The molecule has 2 heterocycles. The van der Waals surface area contributed by atoms with Crippen LogP contribution in [0, 0.1) is 6.92 Å². The van der Waals surface area contributed by atoms with Crippen molar-refractivity contribution in [2.24, 2.45) is 0 Å². The minimum Gasteiger partial charge on any atom is -0.311 e. The molecule has 2 aromatic heterocycles. The molecule has 0 radical (unpaired) electrons. The molecule has 0 fully saturated rings. The van der Waals surface area contributed by atoms with E-state index in [1.54, 1.807) is 10.8 Å². The maximum atomic E-state index is 11.2. The maximum Gasteiger partial charge on any atom is 0.160 e. The molecule has 0 spiro atoms. The third-order valence-corrected chi connectivity index (χ3v) is 3.77. The molecule has 0 unspecified atom stereocenters. The van der Waals surface area contributed by atoms with E-state index in [0.29, 0.717) is 18.0 Å². The zero-order chi connectivity index (χ0) is 13.3. The highest BCUT2D eigenvalue weighted by molar-refractivity contribution is 7.90. The minimum atomic E-state index is -3.02. The standard InChI is InChI=1S/C11H14ClN3O2S/c1-8-5-9-11(13-7-8)15(10(6-12)14-9)3-4-18(2,16)17/h5,7H,3-4,6H2,1-2H3. The summed E-state index contributed by atoms with van der Waals surface area (Å²) in [4.78, 5) is 8.66. The molecule has 0 amide bonds. The minimum absolute atomic E-state index is 0.0535. The number of rotatable bonds is 4. The van der Waals surface area contributed by atoms with E-state index in [2.05, 4.69) is 9.97 Å². The number of nitrogens with zero attached hydrogens (tertiary/aromatic N) is 3. The van der Waals surface area contributed by atoms with Gasteiger partial charge in [-0.05, 0) is 18.6 Å². The summed E-state index contributed by atoms with van der Waals surface area (Å²) in [5.74, 6) is 0.935. The van der Waals surface area contributed by atoms with Gasteiger partial charge in [0.2, 0.25) is 0 Å². The second kappa shape index (κ2) is 4.85. The van der Waals surface area contributed by atoms with Crippen molar-refractivity contribution < 1.29 is 8.42 Å². The number of aromatic nitrogens is 3. The number of fused-ring (bicyclic) bond motifs is 1. The fourth-order valence-corrected chi connectivity index (χ4v) is 2.47. The van der Waals surface area contributed by atoms with E-state index >= 15 is 0 Å². The van der Waals surface area contributed by atoms with Crippen LogP contribution in [0.2, 0.25) is 0 Å². The molecular formula is C11H14ClN3O2S. The van der Waals surface area contributed by atoms with Gasteiger partial charge in [-0.2, -0.15) is 0 Å². The van der Waals surface area contributed by atoms with Crippen molar-refractivity contribution in [3.8, 4) is 0 Å². The molecule has 5 nitrogen and oxygen atoms in total. The first-order chi connectivity index (χ1) is 8.40. The first-order valence-electron chi connectivity index (χ1n) is 5.46. The van der Waals surface area contributed by atoms with Gasteiger partial charge in [0.05, 0.1) is 11.6 Å². The van der Waals surface area contributed by atoms with Gasteiger partial charge in [0.15, 0.2) is 5.65 Å². The van der Waals surface area contributed by atoms with Gasteiger partial charge in [-0.25, -0.2) is 18.4 Å². The number of sulfone groups is 1. The van der Waals surface area contributed by atoms with Crippen molar-refractivity contribution >= 4 is 32.6 Å². The lowest BCUT2D eigenvalue weighted by atomic mass is 10.3. The molecule has 0 saturated carbocycles. The van der Waals surface area contributed by atoms with E-state index in [1.165, 1.54) is 6.26 Å². The predicted octanol–water partition coefficient (Wildman–Crippen LogP) is 1.52. The Labute approximate surface area is 111 Å². The SMILES string of the molecule is Cc1cnc2c(c1)nc(CCl)n2CCS(C)(=O)=O. The van der Waals surface area contributed by atoms with Crippen molar-refractivity contribution in [3.05, 3.63) is 23.7 Å². The fourth-order valence-electron chi connectivity index (χ4n) is 1.75. The van der Waals surface area contributed by atoms with Gasteiger partial charge in [-0.3, -0.25) is 0 Å². The largest absolute Gasteiger partial charge is 0.311 e. The highest BCUT2D eigenvalue weighted by Crippen LogP contribution is 2.16. The first-order valence-corrected chi connectivity index (χ1v) is 8.05. The van der Waals surface area contributed by atoms with E-state index in [1.807, 2.05) is 13.0 Å². The highest BCUT2D eigenvalue weighted by atomic mass is 35.5. The van der Waals surface area contributed by atoms with Gasteiger partial charge in [0, 0.05) is 19.0 Å². The van der Waals surface area contributed by atoms with E-state index in [0.717, 1.165) is 11.1 Å². The van der Waals surface area contributed by atoms with E-state index in [-0.39, 0.29) is 11.6 Å². The molecule has 0 aliphatic rings. The lowest BCUT2D eigenvalue weighted by molar-refractivity contribution is 0.594. The van der Waals surface area contributed by atoms with E-state index < -0.39 is 9.84 Å². The molecule has 98 valence electrons. The smallest absolute Gasteiger partial charge is 0.160 e. The molecule has 18 heavy (non-hydrogen) atoms. The van der Waals surface area contributed by atoms with Crippen molar-refractivity contribution in [1.29, 1.82) is 0 Å². The zero-order valence-corrected chi connectivity index (χ0v) is 11.8. The number of aryl methyl sites for hydroxylation is 2. The molecule has 7 heteroatoms. The van der Waals surface area contributed by atoms with Gasteiger partial charge < -0.3 is 4.57 Å². The Bertz CT molecular complexity index is 679. The van der Waals surface area contributed by atoms with Crippen LogP contribution in [0.5, 0.6) is 0 Å². The molecule has 0 atom stereocenters. The van der Waals surface area contributed by atoms with Crippen molar-refractivity contribution in [3.63, 3.8) is 0 Å². The summed E-state index contributed by atoms with van der Waals surface area (Å²) in [5.41, 5.74) is 2.44. The maximum absolute atomic E-state index is 11.2. The summed E-state index contributed by atoms with van der Waals surface area (Å²) in [6.45, 7) is 2.26. The van der Waals surface area contributed by atoms with E-state index in [4.69, 9.17) is 11.6 Å². The average molecular weight is 288 g/mol. The third kappa shape index (κ3) is 2.81. The molecule has 0 N–H and O–H groups in total. The van der Waals surface area contributed by atoms with Crippen LogP contribution < -0.4 is 0 Å². The van der Waals surface area contributed by atoms with Crippen molar-refractivity contribution in [1.82, 2.24) is 14.5 Å². The summed E-state index contributed by atoms with van der Waals surface area (Å²) in [6, 6.07) is 1.91. The van der Waals surface area contributed by atoms with Gasteiger partial charge >= 0.3 is 0 Å². The molecular weight excluding hydrogens is 274 g/mol. The Morgan fingerprint density at radius 1 is 1.44 bits per heavy atom. The van der Waals surface area contributed by atoms with Crippen LogP contribution in [0.3, 0.4) is 0 Å². The molecule has 0 aliphatic carbocycles. The second-order valence-corrected chi connectivity index (χ2v) is 6.83. The summed E-state index contributed by atoms with van der Waals surface area (Å²) in [6.07, 6.45) is 2.95. The van der Waals surface area contributed by atoms with Gasteiger partial charge in [0.1, 0.15) is 21.2 Å². The lowest BCUT2D eigenvalue weighted by Crippen LogP contribution is -2.13. The molecule has 0 bridgehead atoms. The van der Waals surface area contributed by atoms with Crippen LogP contribution in [-0.4, -0.2) is 35.0 Å². The summed E-state index contributed by atoms with van der Waals surface area (Å²) in [7, 11) is -3.02. The van der Waals surface area contributed by atoms with Crippen LogP contribution in [0.4, 0.5) is 0 Å². The number of pyridine rings is 1. The number of halogens is 1. The summed E-state index contributed by atoms with van der Waals surface area (Å²) < 4.78 is 24.2. The average Bonchev–Trinajstić information content (AvgIpc) is 2.62. The van der Waals surface area contributed by atoms with Crippen LogP contribution in [-0.2, 0) is 22.3 Å². The number of hydrogen-bond acceptors (Lipinski definition) is 4. The third-order valence-electron chi connectivity index (χ3n) is 2.61. The molecule has 2 rings (SSSR count).